The predicted octanol–water partition coefficient (Wildman–Crippen LogP) is 0.150. The summed E-state index contributed by atoms with van der Waals surface area (Å²) < 4.78 is 0. The first-order valence-electron chi connectivity index (χ1n) is 7.40. The Kier molecular flexibility index (Phi) is 6.61. The third-order valence-corrected chi connectivity index (χ3v) is 3.42. The summed E-state index contributed by atoms with van der Waals surface area (Å²) in [6.07, 6.45) is 1.60. The number of nitrogens with two attached hydrogens (primary N) is 1. The molecule has 0 aliphatic carbocycles. The number of nitrogens with one attached hydrogen (secondary N) is 1. The van der Waals surface area contributed by atoms with Crippen LogP contribution < -0.4 is 11.1 Å². The van der Waals surface area contributed by atoms with Crippen molar-refractivity contribution in [2.75, 3.05) is 26.7 Å². The number of hydrogen-bond acceptors (Lipinski definition) is 4. The molecule has 1 rings (SSSR count). The Bertz CT molecular complexity index is 398. The van der Waals surface area contributed by atoms with Crippen LogP contribution in [0.5, 0.6) is 0 Å². The number of rotatable bonds is 8. The van der Waals surface area contributed by atoms with Gasteiger partial charge < -0.3 is 16.0 Å². The van der Waals surface area contributed by atoms with Gasteiger partial charge in [-0.25, -0.2) is 4.79 Å². The smallest absolute Gasteiger partial charge is 0.326 e. The molecule has 7 nitrogen and oxygen atoms in total. The zero-order valence-electron chi connectivity index (χ0n) is 13.1. The molecule has 0 saturated carbocycles. The van der Waals surface area contributed by atoms with Crippen molar-refractivity contribution in [1.82, 2.24) is 15.1 Å². The van der Waals surface area contributed by atoms with E-state index in [2.05, 4.69) is 19.2 Å². The first kappa shape index (κ1) is 17.4. The van der Waals surface area contributed by atoms with Crippen molar-refractivity contribution in [3.63, 3.8) is 0 Å². The number of carbonyl (C=O) groups is 3. The molecule has 1 aliphatic heterocycles. The van der Waals surface area contributed by atoms with Gasteiger partial charge in [0.15, 0.2) is 0 Å². The maximum absolute atomic E-state index is 11.8. The van der Waals surface area contributed by atoms with Gasteiger partial charge in [-0.15, -0.1) is 0 Å². The average molecular weight is 298 g/mol. The van der Waals surface area contributed by atoms with Gasteiger partial charge in [0.25, 0.3) is 0 Å². The van der Waals surface area contributed by atoms with Crippen molar-refractivity contribution < 1.29 is 14.4 Å². The van der Waals surface area contributed by atoms with E-state index in [-0.39, 0.29) is 43.4 Å². The third-order valence-electron chi connectivity index (χ3n) is 3.42. The zero-order valence-corrected chi connectivity index (χ0v) is 13.1. The summed E-state index contributed by atoms with van der Waals surface area (Å²) in [7, 11) is 1.59. The van der Waals surface area contributed by atoms with E-state index < -0.39 is 0 Å². The largest absolute Gasteiger partial charge is 0.352 e. The number of urea groups is 1. The van der Waals surface area contributed by atoms with Crippen LogP contribution in [0.1, 0.15) is 33.1 Å². The predicted molar refractivity (Wildman–Crippen MR) is 79.4 cm³/mol. The van der Waals surface area contributed by atoms with Crippen LogP contribution >= 0.6 is 0 Å². The number of carbonyl (C=O) groups excluding carboxylic acids is 3. The van der Waals surface area contributed by atoms with Crippen LogP contribution in [0.2, 0.25) is 0 Å². The Morgan fingerprint density at radius 1 is 1.38 bits per heavy atom. The van der Waals surface area contributed by atoms with Gasteiger partial charge in [-0.05, 0) is 18.8 Å². The second kappa shape index (κ2) is 7.97. The monoisotopic (exact) mass is 298 g/mol. The van der Waals surface area contributed by atoms with Gasteiger partial charge in [0.2, 0.25) is 11.8 Å². The average Bonchev–Trinajstić information content (AvgIpc) is 2.63. The Hall–Kier alpha value is -1.63. The Morgan fingerprint density at radius 2 is 2.05 bits per heavy atom. The number of amides is 4. The molecule has 1 fully saturated rings. The molecule has 21 heavy (non-hydrogen) atoms. The summed E-state index contributed by atoms with van der Waals surface area (Å²) >= 11 is 0. The van der Waals surface area contributed by atoms with Crippen molar-refractivity contribution in [3.8, 4) is 0 Å². The molecule has 1 saturated heterocycles. The summed E-state index contributed by atoms with van der Waals surface area (Å²) in [5, 5.41) is 2.89. The van der Waals surface area contributed by atoms with E-state index in [1.54, 1.807) is 7.05 Å². The number of nitrogens with zero attached hydrogens (tertiary/aromatic N) is 2. The van der Waals surface area contributed by atoms with Crippen LogP contribution in [0, 0.1) is 5.92 Å². The van der Waals surface area contributed by atoms with E-state index in [4.69, 9.17) is 5.73 Å². The van der Waals surface area contributed by atoms with E-state index in [1.165, 1.54) is 9.80 Å². The first-order valence-corrected chi connectivity index (χ1v) is 7.40. The number of likely N-dealkylation sites (N-methyl/N-ethyl adjacent to an activating group) is 1. The molecule has 4 amide bonds. The minimum Gasteiger partial charge on any atom is -0.352 e. The Labute approximate surface area is 125 Å². The summed E-state index contributed by atoms with van der Waals surface area (Å²) in [6, 6.07) is -0.307. The highest BCUT2D eigenvalue weighted by Gasteiger charge is 2.32. The van der Waals surface area contributed by atoms with Gasteiger partial charge in [-0.2, -0.15) is 0 Å². The highest BCUT2D eigenvalue weighted by atomic mass is 16.2. The van der Waals surface area contributed by atoms with Gasteiger partial charge in [0.05, 0.1) is 0 Å². The molecule has 3 N–H and O–H groups in total. The van der Waals surface area contributed by atoms with Gasteiger partial charge >= 0.3 is 6.03 Å². The molecule has 0 aromatic carbocycles. The SMILES string of the molecule is CC(C)CC(CN)NC(=O)CCCN1C(=O)CN(C)C1=O. The maximum Gasteiger partial charge on any atom is 0.326 e. The molecule has 0 radical (unpaired) electrons. The highest BCUT2D eigenvalue weighted by Crippen LogP contribution is 2.09. The van der Waals surface area contributed by atoms with Gasteiger partial charge in [0, 0.05) is 32.6 Å². The zero-order chi connectivity index (χ0) is 16.0. The molecule has 1 atom stereocenters. The van der Waals surface area contributed by atoms with Crippen LogP contribution in [0.3, 0.4) is 0 Å². The highest BCUT2D eigenvalue weighted by molar-refractivity contribution is 6.01. The molecule has 1 heterocycles. The quantitative estimate of drug-likeness (QED) is 0.624. The molecule has 0 spiro atoms. The van der Waals surface area contributed by atoms with Crippen LogP contribution in [0.4, 0.5) is 4.79 Å². The second-order valence-corrected chi connectivity index (χ2v) is 5.92. The summed E-state index contributed by atoms with van der Waals surface area (Å²) in [6.45, 7) is 4.98. The molecule has 1 unspecified atom stereocenters. The fourth-order valence-electron chi connectivity index (χ4n) is 2.37. The molecule has 120 valence electrons. The van der Waals surface area contributed by atoms with Crippen molar-refractivity contribution in [2.24, 2.45) is 11.7 Å². The minimum atomic E-state index is -0.292. The molecular formula is C14H26N4O3. The van der Waals surface area contributed by atoms with Crippen LogP contribution in [0.25, 0.3) is 0 Å². The van der Waals surface area contributed by atoms with Crippen LogP contribution in [0.15, 0.2) is 0 Å². The standard InChI is InChI=1S/C14H26N4O3/c1-10(2)7-11(8-15)16-12(19)5-4-6-18-13(20)9-17(3)14(18)21/h10-11H,4-9,15H2,1-3H3,(H,16,19). The number of imide groups is 1. The van der Waals surface area contributed by atoms with Gasteiger partial charge in [0.1, 0.15) is 6.54 Å². The Balaban J connectivity index is 2.30. The normalized spacial score (nSPS) is 16.8. The molecule has 0 aromatic heterocycles. The molecular weight excluding hydrogens is 272 g/mol. The van der Waals surface area contributed by atoms with Crippen LogP contribution in [-0.2, 0) is 9.59 Å². The molecule has 0 bridgehead atoms. The topological polar surface area (TPSA) is 95.7 Å². The lowest BCUT2D eigenvalue weighted by Gasteiger charge is -2.19. The fourth-order valence-corrected chi connectivity index (χ4v) is 2.37. The Morgan fingerprint density at radius 3 is 2.52 bits per heavy atom. The lowest BCUT2D eigenvalue weighted by atomic mass is 10.0. The summed E-state index contributed by atoms with van der Waals surface area (Å²) in [5.74, 6) is 0.176. The first-order chi connectivity index (χ1) is 9.85. The van der Waals surface area contributed by atoms with Crippen molar-refractivity contribution in [1.29, 1.82) is 0 Å². The lowest BCUT2D eigenvalue weighted by Crippen LogP contribution is -2.41. The molecule has 7 heteroatoms. The summed E-state index contributed by atoms with van der Waals surface area (Å²) in [4.78, 5) is 37.6. The minimum absolute atomic E-state index is 0.0151. The fraction of sp³-hybridized carbons (Fsp3) is 0.786. The molecule has 1 aliphatic rings. The van der Waals surface area contributed by atoms with Gasteiger partial charge in [-0.3, -0.25) is 14.5 Å². The lowest BCUT2D eigenvalue weighted by molar-refractivity contribution is -0.126. The summed E-state index contributed by atoms with van der Waals surface area (Å²) in [5.41, 5.74) is 5.63. The van der Waals surface area contributed by atoms with Gasteiger partial charge in [-0.1, -0.05) is 13.8 Å². The van der Waals surface area contributed by atoms with E-state index >= 15 is 0 Å². The number of hydrogen-bond donors (Lipinski definition) is 2. The van der Waals surface area contributed by atoms with E-state index in [0.29, 0.717) is 18.9 Å². The maximum atomic E-state index is 11.8. The van der Waals surface area contributed by atoms with E-state index in [1.807, 2.05) is 0 Å². The van der Waals surface area contributed by atoms with Crippen molar-refractivity contribution >= 4 is 17.8 Å². The van der Waals surface area contributed by atoms with Crippen LogP contribution in [-0.4, -0.2) is 60.4 Å². The second-order valence-electron chi connectivity index (χ2n) is 5.92. The van der Waals surface area contributed by atoms with Crippen molar-refractivity contribution in [3.05, 3.63) is 0 Å². The van der Waals surface area contributed by atoms with Crippen molar-refractivity contribution in [2.45, 2.75) is 39.2 Å². The molecule has 0 aromatic rings. The van der Waals surface area contributed by atoms with E-state index in [9.17, 15) is 14.4 Å². The van der Waals surface area contributed by atoms with E-state index in [0.717, 1.165) is 6.42 Å². The third kappa shape index (κ3) is 5.34.